The summed E-state index contributed by atoms with van der Waals surface area (Å²) in [5.74, 6) is -1.03. The number of aromatic nitrogens is 3. The molecule has 0 unspecified atom stereocenters. The first-order chi connectivity index (χ1) is 9.40. The molecule has 0 spiro atoms. The molecule has 0 aromatic carbocycles. The molecular formula is C13H12BrN3O3. The van der Waals surface area contributed by atoms with E-state index in [0.717, 1.165) is 10.2 Å². The van der Waals surface area contributed by atoms with Gasteiger partial charge in [-0.15, -0.1) is 0 Å². The summed E-state index contributed by atoms with van der Waals surface area (Å²) < 4.78 is 2.26. The van der Waals surface area contributed by atoms with Gasteiger partial charge in [-0.2, -0.15) is 4.98 Å². The van der Waals surface area contributed by atoms with Crippen LogP contribution in [0, 0.1) is 13.8 Å². The fraction of sp³-hybridized carbons (Fsp3) is 0.231. The molecule has 2 aromatic rings. The molecule has 0 saturated carbocycles. The lowest BCUT2D eigenvalue weighted by Crippen LogP contribution is -2.27. The molecular weight excluding hydrogens is 326 g/mol. The lowest BCUT2D eigenvalue weighted by molar-refractivity contribution is 0.0696. The van der Waals surface area contributed by atoms with Gasteiger partial charge in [0.15, 0.2) is 0 Å². The van der Waals surface area contributed by atoms with Gasteiger partial charge in [-0.25, -0.2) is 9.59 Å². The normalized spacial score (nSPS) is 10.6. The van der Waals surface area contributed by atoms with Crippen LogP contribution in [0.2, 0.25) is 0 Å². The molecule has 2 heterocycles. The van der Waals surface area contributed by atoms with Crippen molar-refractivity contribution in [3.05, 3.63) is 55.9 Å². The number of carboxylic acids is 1. The van der Waals surface area contributed by atoms with E-state index in [1.807, 2.05) is 6.92 Å². The first-order valence-electron chi connectivity index (χ1n) is 5.82. The molecule has 0 aliphatic carbocycles. The SMILES string of the molecule is Cc1nc(=O)n(Cc2ccc(C(=O)O)cn2)c(C)c1Br. The molecule has 0 saturated heterocycles. The fourth-order valence-corrected chi connectivity index (χ4v) is 2.07. The summed E-state index contributed by atoms with van der Waals surface area (Å²) in [5, 5.41) is 8.81. The van der Waals surface area contributed by atoms with Crippen molar-refractivity contribution in [1.82, 2.24) is 14.5 Å². The number of hydrogen-bond acceptors (Lipinski definition) is 4. The van der Waals surface area contributed by atoms with Gasteiger partial charge in [0.25, 0.3) is 0 Å². The van der Waals surface area contributed by atoms with Crippen molar-refractivity contribution < 1.29 is 9.90 Å². The molecule has 0 aliphatic heterocycles. The molecule has 104 valence electrons. The van der Waals surface area contributed by atoms with Gasteiger partial charge in [-0.05, 0) is 41.9 Å². The van der Waals surface area contributed by atoms with Crippen LogP contribution in [-0.4, -0.2) is 25.6 Å². The highest BCUT2D eigenvalue weighted by Gasteiger charge is 2.10. The Morgan fingerprint density at radius 2 is 2.10 bits per heavy atom. The lowest BCUT2D eigenvalue weighted by atomic mass is 10.2. The highest BCUT2D eigenvalue weighted by atomic mass is 79.9. The van der Waals surface area contributed by atoms with E-state index in [-0.39, 0.29) is 17.8 Å². The smallest absolute Gasteiger partial charge is 0.348 e. The topological polar surface area (TPSA) is 85.1 Å². The maximum absolute atomic E-state index is 11.9. The number of halogens is 1. The van der Waals surface area contributed by atoms with Crippen LogP contribution in [0.5, 0.6) is 0 Å². The Kier molecular flexibility index (Phi) is 3.99. The Morgan fingerprint density at radius 3 is 2.65 bits per heavy atom. The Hall–Kier alpha value is -2.02. The molecule has 1 N–H and O–H groups in total. The Balaban J connectivity index is 2.38. The third kappa shape index (κ3) is 2.77. The lowest BCUT2D eigenvalue weighted by Gasteiger charge is -2.11. The predicted molar refractivity (Wildman–Crippen MR) is 76.0 cm³/mol. The van der Waals surface area contributed by atoms with Crippen molar-refractivity contribution >= 4 is 21.9 Å². The van der Waals surface area contributed by atoms with Gasteiger partial charge in [0.1, 0.15) is 0 Å². The Morgan fingerprint density at radius 1 is 1.40 bits per heavy atom. The summed E-state index contributed by atoms with van der Waals surface area (Å²) in [4.78, 5) is 30.6. The number of rotatable bonds is 3. The maximum atomic E-state index is 11.9. The predicted octanol–water partition coefficient (Wildman–Crippen LogP) is 1.76. The molecule has 0 radical (unpaired) electrons. The monoisotopic (exact) mass is 337 g/mol. The van der Waals surface area contributed by atoms with Crippen LogP contribution in [0.1, 0.15) is 27.4 Å². The fourth-order valence-electron chi connectivity index (χ4n) is 1.77. The summed E-state index contributed by atoms with van der Waals surface area (Å²) in [6.07, 6.45) is 1.27. The number of carboxylic acid groups (broad SMARTS) is 1. The van der Waals surface area contributed by atoms with E-state index in [2.05, 4.69) is 25.9 Å². The van der Waals surface area contributed by atoms with Crippen LogP contribution in [0.4, 0.5) is 0 Å². The summed E-state index contributed by atoms with van der Waals surface area (Å²) in [5.41, 5.74) is 1.75. The third-order valence-electron chi connectivity index (χ3n) is 2.93. The maximum Gasteiger partial charge on any atom is 0.348 e. The van der Waals surface area contributed by atoms with Gasteiger partial charge in [-0.1, -0.05) is 0 Å². The third-order valence-corrected chi connectivity index (χ3v) is 4.07. The van der Waals surface area contributed by atoms with Crippen molar-refractivity contribution in [2.45, 2.75) is 20.4 Å². The van der Waals surface area contributed by atoms with Crippen LogP contribution in [0.25, 0.3) is 0 Å². The minimum Gasteiger partial charge on any atom is -0.478 e. The molecule has 0 bridgehead atoms. The highest BCUT2D eigenvalue weighted by molar-refractivity contribution is 9.10. The van der Waals surface area contributed by atoms with Crippen LogP contribution in [0.15, 0.2) is 27.6 Å². The van der Waals surface area contributed by atoms with Crippen LogP contribution in [-0.2, 0) is 6.54 Å². The number of aromatic carboxylic acids is 1. The minimum atomic E-state index is -1.03. The average Bonchev–Trinajstić information content (AvgIpc) is 2.42. The average molecular weight is 338 g/mol. The van der Waals surface area contributed by atoms with Crippen molar-refractivity contribution in [3.63, 3.8) is 0 Å². The van der Waals surface area contributed by atoms with Crippen LogP contribution >= 0.6 is 15.9 Å². The second-order valence-electron chi connectivity index (χ2n) is 4.31. The van der Waals surface area contributed by atoms with Gasteiger partial charge in [-0.3, -0.25) is 9.55 Å². The van der Waals surface area contributed by atoms with Gasteiger partial charge in [0.2, 0.25) is 0 Å². The van der Waals surface area contributed by atoms with E-state index < -0.39 is 5.97 Å². The van der Waals surface area contributed by atoms with E-state index in [9.17, 15) is 9.59 Å². The number of nitrogens with zero attached hydrogens (tertiary/aromatic N) is 3. The summed E-state index contributed by atoms with van der Waals surface area (Å²) >= 11 is 3.39. The number of aryl methyl sites for hydroxylation is 1. The standard InChI is InChI=1S/C13H12BrN3O3/c1-7-11(14)8(2)17(13(20)16-7)6-10-4-3-9(5-15-10)12(18)19/h3-5H,6H2,1-2H3,(H,18,19). The van der Waals surface area contributed by atoms with E-state index in [1.165, 1.54) is 16.8 Å². The quantitative estimate of drug-likeness (QED) is 0.922. The van der Waals surface area contributed by atoms with Crippen molar-refractivity contribution in [2.24, 2.45) is 0 Å². The molecule has 2 aromatic heterocycles. The van der Waals surface area contributed by atoms with Crippen LogP contribution < -0.4 is 5.69 Å². The minimum absolute atomic E-state index is 0.112. The van der Waals surface area contributed by atoms with Crippen molar-refractivity contribution in [1.29, 1.82) is 0 Å². The van der Waals surface area contributed by atoms with E-state index in [0.29, 0.717) is 11.4 Å². The van der Waals surface area contributed by atoms with Gasteiger partial charge < -0.3 is 5.11 Å². The number of pyridine rings is 1. The first kappa shape index (κ1) is 14.4. The zero-order valence-electron chi connectivity index (χ0n) is 10.9. The Labute approximate surface area is 123 Å². The number of hydrogen-bond donors (Lipinski definition) is 1. The summed E-state index contributed by atoms with van der Waals surface area (Å²) in [6, 6.07) is 3.05. The van der Waals surface area contributed by atoms with Crippen molar-refractivity contribution in [3.8, 4) is 0 Å². The molecule has 0 atom stereocenters. The van der Waals surface area contributed by atoms with Crippen LogP contribution in [0.3, 0.4) is 0 Å². The highest BCUT2D eigenvalue weighted by Crippen LogP contribution is 2.17. The molecule has 6 nitrogen and oxygen atoms in total. The van der Waals surface area contributed by atoms with E-state index in [4.69, 9.17) is 5.11 Å². The zero-order valence-corrected chi connectivity index (χ0v) is 12.5. The van der Waals surface area contributed by atoms with E-state index in [1.54, 1.807) is 13.0 Å². The largest absolute Gasteiger partial charge is 0.478 e. The molecule has 20 heavy (non-hydrogen) atoms. The Bertz CT molecular complexity index is 723. The van der Waals surface area contributed by atoms with Gasteiger partial charge in [0, 0.05) is 11.9 Å². The van der Waals surface area contributed by atoms with Crippen molar-refractivity contribution in [2.75, 3.05) is 0 Å². The van der Waals surface area contributed by atoms with Gasteiger partial charge in [0.05, 0.1) is 28.0 Å². The van der Waals surface area contributed by atoms with E-state index >= 15 is 0 Å². The molecule has 0 fully saturated rings. The zero-order chi connectivity index (χ0) is 14.9. The van der Waals surface area contributed by atoms with Gasteiger partial charge >= 0.3 is 11.7 Å². The second kappa shape index (κ2) is 5.54. The number of carbonyl (C=O) groups is 1. The second-order valence-corrected chi connectivity index (χ2v) is 5.10. The first-order valence-corrected chi connectivity index (χ1v) is 6.61. The molecule has 0 amide bonds. The molecule has 7 heteroatoms. The molecule has 0 aliphatic rings. The summed E-state index contributed by atoms with van der Waals surface area (Å²) in [6.45, 7) is 3.81. The molecule has 2 rings (SSSR count). The summed E-state index contributed by atoms with van der Waals surface area (Å²) in [7, 11) is 0.